The van der Waals surface area contributed by atoms with Crippen molar-refractivity contribution in [2.24, 2.45) is 5.92 Å². The molecule has 0 radical (unpaired) electrons. The molecule has 2 aliphatic heterocycles. The first-order valence-electron chi connectivity index (χ1n) is 5.38. The summed E-state index contributed by atoms with van der Waals surface area (Å²) >= 11 is 0. The van der Waals surface area contributed by atoms with Gasteiger partial charge in [0.15, 0.2) is 0 Å². The first-order valence-corrected chi connectivity index (χ1v) is 5.38. The normalized spacial score (nSPS) is 29.5. The van der Waals surface area contributed by atoms with Crippen molar-refractivity contribution in [1.82, 2.24) is 10.2 Å². The van der Waals surface area contributed by atoms with Crippen LogP contribution in [-0.4, -0.2) is 49.7 Å². The molecule has 4 heteroatoms. The van der Waals surface area contributed by atoms with Gasteiger partial charge in [-0.1, -0.05) is 0 Å². The molecule has 4 nitrogen and oxygen atoms in total. The van der Waals surface area contributed by atoms with Gasteiger partial charge in [-0.05, 0) is 13.3 Å². The fourth-order valence-electron chi connectivity index (χ4n) is 1.92. The molecule has 0 aromatic heterocycles. The number of rotatable bonds is 1. The van der Waals surface area contributed by atoms with Crippen molar-refractivity contribution in [3.63, 3.8) is 0 Å². The average Bonchev–Trinajstić information content (AvgIpc) is 2.26. The number of hydrogen-bond acceptors (Lipinski definition) is 3. The lowest BCUT2D eigenvalue weighted by Crippen LogP contribution is -2.54. The van der Waals surface area contributed by atoms with E-state index in [9.17, 15) is 4.79 Å². The van der Waals surface area contributed by atoms with E-state index in [2.05, 4.69) is 12.2 Å². The lowest BCUT2D eigenvalue weighted by molar-refractivity contribution is -0.139. The second-order valence-corrected chi connectivity index (χ2v) is 4.14. The zero-order valence-corrected chi connectivity index (χ0v) is 8.66. The summed E-state index contributed by atoms with van der Waals surface area (Å²) in [6.45, 7) is 6.05. The molecule has 2 heterocycles. The predicted octanol–water partition coefficient (Wildman–Crippen LogP) is -0.157. The summed E-state index contributed by atoms with van der Waals surface area (Å²) < 4.78 is 5.37. The summed E-state index contributed by atoms with van der Waals surface area (Å²) in [5, 5.41) is 3.13. The van der Waals surface area contributed by atoms with Gasteiger partial charge in [0.05, 0.1) is 12.5 Å². The zero-order chi connectivity index (χ0) is 9.97. The molecule has 2 rings (SSSR count). The first-order chi connectivity index (χ1) is 6.79. The van der Waals surface area contributed by atoms with Crippen LogP contribution in [0.1, 0.15) is 13.3 Å². The van der Waals surface area contributed by atoms with E-state index in [1.807, 2.05) is 4.90 Å². The number of amides is 1. The van der Waals surface area contributed by atoms with E-state index in [-0.39, 0.29) is 5.92 Å². The monoisotopic (exact) mass is 198 g/mol. The van der Waals surface area contributed by atoms with Gasteiger partial charge in [0.25, 0.3) is 0 Å². The molecule has 1 atom stereocenters. The van der Waals surface area contributed by atoms with Crippen molar-refractivity contribution < 1.29 is 9.53 Å². The Bertz CT molecular complexity index is 216. The van der Waals surface area contributed by atoms with Crippen molar-refractivity contribution in [1.29, 1.82) is 0 Å². The minimum atomic E-state index is 0.218. The molecule has 2 aliphatic rings. The molecule has 0 saturated carbocycles. The maximum Gasteiger partial charge on any atom is 0.228 e. The molecular weight excluding hydrogens is 180 g/mol. The van der Waals surface area contributed by atoms with Gasteiger partial charge in [0, 0.05) is 32.3 Å². The number of nitrogens with one attached hydrogen (secondary N) is 1. The highest BCUT2D eigenvalue weighted by Crippen LogP contribution is 2.14. The van der Waals surface area contributed by atoms with E-state index in [0.717, 1.165) is 32.7 Å². The van der Waals surface area contributed by atoms with Crippen molar-refractivity contribution in [2.45, 2.75) is 19.4 Å². The molecule has 0 aromatic rings. The lowest BCUT2D eigenvalue weighted by Gasteiger charge is -2.34. The van der Waals surface area contributed by atoms with Gasteiger partial charge >= 0.3 is 0 Å². The Morgan fingerprint density at radius 2 is 2.21 bits per heavy atom. The Morgan fingerprint density at radius 1 is 1.43 bits per heavy atom. The van der Waals surface area contributed by atoms with E-state index in [1.165, 1.54) is 0 Å². The van der Waals surface area contributed by atoms with Crippen LogP contribution < -0.4 is 5.32 Å². The third-order valence-corrected chi connectivity index (χ3v) is 3.10. The van der Waals surface area contributed by atoms with Crippen LogP contribution in [0.2, 0.25) is 0 Å². The van der Waals surface area contributed by atoms with E-state index in [1.54, 1.807) is 0 Å². The zero-order valence-electron chi connectivity index (χ0n) is 8.66. The van der Waals surface area contributed by atoms with Gasteiger partial charge in [-0.25, -0.2) is 0 Å². The van der Waals surface area contributed by atoms with E-state index in [0.29, 0.717) is 18.6 Å². The highest BCUT2D eigenvalue weighted by molar-refractivity contribution is 5.80. The molecule has 0 aromatic carbocycles. The van der Waals surface area contributed by atoms with Gasteiger partial charge in [-0.2, -0.15) is 0 Å². The minimum Gasteiger partial charge on any atom is -0.380 e. The van der Waals surface area contributed by atoms with Crippen LogP contribution in [-0.2, 0) is 9.53 Å². The summed E-state index contributed by atoms with van der Waals surface area (Å²) in [7, 11) is 0. The third-order valence-electron chi connectivity index (χ3n) is 3.10. The van der Waals surface area contributed by atoms with Gasteiger partial charge < -0.3 is 15.0 Å². The SMILES string of the molecule is CC1CCOCCN1C(=O)C1CNC1. The van der Waals surface area contributed by atoms with Gasteiger partial charge in [0.1, 0.15) is 0 Å². The minimum absolute atomic E-state index is 0.218. The Hall–Kier alpha value is -0.610. The molecule has 80 valence electrons. The Kier molecular flexibility index (Phi) is 3.03. The first kappa shape index (κ1) is 9.93. The molecule has 1 N–H and O–H groups in total. The van der Waals surface area contributed by atoms with Crippen molar-refractivity contribution in [2.75, 3.05) is 32.8 Å². The quantitative estimate of drug-likeness (QED) is 0.637. The Morgan fingerprint density at radius 3 is 2.86 bits per heavy atom. The van der Waals surface area contributed by atoms with Crippen molar-refractivity contribution >= 4 is 5.91 Å². The van der Waals surface area contributed by atoms with Gasteiger partial charge in [0.2, 0.25) is 5.91 Å². The second-order valence-electron chi connectivity index (χ2n) is 4.14. The summed E-state index contributed by atoms with van der Waals surface area (Å²) in [5.74, 6) is 0.525. The average molecular weight is 198 g/mol. The van der Waals surface area contributed by atoms with E-state index < -0.39 is 0 Å². The Labute approximate surface area is 84.6 Å². The number of carbonyl (C=O) groups excluding carboxylic acids is 1. The van der Waals surface area contributed by atoms with Crippen molar-refractivity contribution in [3.8, 4) is 0 Å². The summed E-state index contributed by atoms with van der Waals surface area (Å²) in [6.07, 6.45) is 0.964. The molecule has 0 bridgehead atoms. The standard InChI is InChI=1S/C10H18N2O2/c1-8-2-4-14-5-3-12(8)10(13)9-6-11-7-9/h8-9,11H,2-7H2,1H3. The van der Waals surface area contributed by atoms with Gasteiger partial charge in [-0.3, -0.25) is 4.79 Å². The Balaban J connectivity index is 1.95. The smallest absolute Gasteiger partial charge is 0.228 e. The largest absolute Gasteiger partial charge is 0.380 e. The summed E-state index contributed by atoms with van der Waals surface area (Å²) in [6, 6.07) is 0.339. The van der Waals surface area contributed by atoms with Crippen LogP contribution in [0.3, 0.4) is 0 Å². The van der Waals surface area contributed by atoms with Crippen LogP contribution in [0.15, 0.2) is 0 Å². The van der Waals surface area contributed by atoms with Crippen LogP contribution in [0.5, 0.6) is 0 Å². The van der Waals surface area contributed by atoms with Crippen molar-refractivity contribution in [3.05, 3.63) is 0 Å². The number of carbonyl (C=O) groups is 1. The third kappa shape index (κ3) is 1.91. The summed E-state index contributed by atoms with van der Waals surface area (Å²) in [4.78, 5) is 14.0. The van der Waals surface area contributed by atoms with E-state index in [4.69, 9.17) is 4.74 Å². The maximum absolute atomic E-state index is 12.0. The van der Waals surface area contributed by atoms with E-state index >= 15 is 0 Å². The fourth-order valence-corrected chi connectivity index (χ4v) is 1.92. The molecule has 14 heavy (non-hydrogen) atoms. The second kappa shape index (κ2) is 4.28. The molecule has 2 fully saturated rings. The topological polar surface area (TPSA) is 41.6 Å². The number of ether oxygens (including phenoxy) is 1. The summed E-state index contributed by atoms with van der Waals surface area (Å²) in [5.41, 5.74) is 0. The fraction of sp³-hybridized carbons (Fsp3) is 0.900. The highest BCUT2D eigenvalue weighted by Gasteiger charge is 2.31. The maximum atomic E-state index is 12.0. The molecule has 1 amide bonds. The number of hydrogen-bond donors (Lipinski definition) is 1. The van der Waals surface area contributed by atoms with Crippen LogP contribution in [0, 0.1) is 5.92 Å². The highest BCUT2D eigenvalue weighted by atomic mass is 16.5. The molecule has 2 saturated heterocycles. The van der Waals surface area contributed by atoms with Crippen LogP contribution in [0.25, 0.3) is 0 Å². The predicted molar refractivity (Wildman–Crippen MR) is 53.0 cm³/mol. The lowest BCUT2D eigenvalue weighted by atomic mass is 10.0. The molecular formula is C10H18N2O2. The van der Waals surface area contributed by atoms with Gasteiger partial charge in [-0.15, -0.1) is 0 Å². The molecule has 0 aliphatic carbocycles. The number of nitrogens with zero attached hydrogens (tertiary/aromatic N) is 1. The van der Waals surface area contributed by atoms with Crippen LogP contribution >= 0.6 is 0 Å². The molecule has 0 spiro atoms. The molecule has 1 unspecified atom stereocenters. The van der Waals surface area contributed by atoms with Crippen LogP contribution in [0.4, 0.5) is 0 Å².